The molecule has 1 aromatic rings. The van der Waals surface area contributed by atoms with Crippen LogP contribution in [0.3, 0.4) is 0 Å². The summed E-state index contributed by atoms with van der Waals surface area (Å²) >= 11 is 3.63. The van der Waals surface area contributed by atoms with Crippen molar-refractivity contribution in [2.24, 2.45) is 5.92 Å². The van der Waals surface area contributed by atoms with E-state index in [1.54, 1.807) is 7.11 Å². The highest BCUT2D eigenvalue weighted by Gasteiger charge is 2.19. The molecule has 1 saturated heterocycles. The second kappa shape index (κ2) is 8.88. The smallest absolute Gasteiger partial charge is 0.119 e. The minimum atomic E-state index is 0. The predicted octanol–water partition coefficient (Wildman–Crippen LogP) is 3.31. The first-order valence-corrected chi connectivity index (χ1v) is 7.71. The number of nitrogens with zero attached hydrogens (tertiary/aromatic N) is 1. The van der Waals surface area contributed by atoms with Gasteiger partial charge in [0.1, 0.15) is 5.75 Å². The molecule has 0 aromatic heterocycles. The standard InChI is InChI=1S/C15H23BrN2O.ClH/c1-17-10-12-5-7-18(8-6-12)11-13-9-14(19-2)3-4-15(13)16;/h3-4,9,12,17H,5-8,10-11H2,1-2H3;1H. The SMILES string of the molecule is CNCC1CCN(Cc2cc(OC)ccc2Br)CC1.Cl. The summed E-state index contributed by atoms with van der Waals surface area (Å²) in [4.78, 5) is 2.53. The number of rotatable bonds is 5. The van der Waals surface area contributed by atoms with Crippen molar-refractivity contribution in [2.75, 3.05) is 33.8 Å². The van der Waals surface area contributed by atoms with Gasteiger partial charge in [-0.05, 0) is 69.2 Å². The Kier molecular flexibility index (Phi) is 7.88. The Morgan fingerprint density at radius 1 is 1.35 bits per heavy atom. The maximum absolute atomic E-state index is 5.30. The lowest BCUT2D eigenvalue weighted by Crippen LogP contribution is -2.36. The van der Waals surface area contributed by atoms with E-state index >= 15 is 0 Å². The maximum Gasteiger partial charge on any atom is 0.119 e. The molecule has 0 aliphatic carbocycles. The third-order valence-corrected chi connectivity index (χ3v) is 4.62. The van der Waals surface area contributed by atoms with E-state index in [1.807, 2.05) is 13.1 Å². The highest BCUT2D eigenvalue weighted by molar-refractivity contribution is 9.10. The number of likely N-dealkylation sites (tertiary alicyclic amines) is 1. The zero-order valence-corrected chi connectivity index (χ0v) is 14.6. The van der Waals surface area contributed by atoms with E-state index in [0.29, 0.717) is 0 Å². The largest absolute Gasteiger partial charge is 0.497 e. The Hall–Kier alpha value is -0.290. The van der Waals surface area contributed by atoms with Crippen molar-refractivity contribution in [3.05, 3.63) is 28.2 Å². The molecule has 0 saturated carbocycles. The number of hydrogen-bond acceptors (Lipinski definition) is 3. The first-order valence-electron chi connectivity index (χ1n) is 6.92. The Morgan fingerprint density at radius 2 is 2.05 bits per heavy atom. The molecular weight excluding hydrogens is 340 g/mol. The molecule has 1 N–H and O–H groups in total. The van der Waals surface area contributed by atoms with Gasteiger partial charge < -0.3 is 10.1 Å². The molecule has 114 valence electrons. The monoisotopic (exact) mass is 362 g/mol. The second-order valence-electron chi connectivity index (χ2n) is 5.23. The van der Waals surface area contributed by atoms with E-state index in [9.17, 15) is 0 Å². The summed E-state index contributed by atoms with van der Waals surface area (Å²) in [5.41, 5.74) is 1.31. The molecule has 0 amide bonds. The van der Waals surface area contributed by atoms with Crippen LogP contribution in [0.2, 0.25) is 0 Å². The lowest BCUT2D eigenvalue weighted by molar-refractivity contribution is 0.176. The average molecular weight is 364 g/mol. The van der Waals surface area contributed by atoms with Crippen molar-refractivity contribution in [1.29, 1.82) is 0 Å². The minimum Gasteiger partial charge on any atom is -0.497 e. The number of nitrogens with one attached hydrogen (secondary N) is 1. The van der Waals surface area contributed by atoms with Crippen molar-refractivity contribution in [3.8, 4) is 5.75 Å². The zero-order chi connectivity index (χ0) is 13.7. The number of ether oxygens (including phenoxy) is 1. The van der Waals surface area contributed by atoms with Crippen molar-refractivity contribution in [3.63, 3.8) is 0 Å². The fraction of sp³-hybridized carbons (Fsp3) is 0.600. The van der Waals surface area contributed by atoms with Crippen LogP contribution in [-0.2, 0) is 6.54 Å². The van der Waals surface area contributed by atoms with E-state index < -0.39 is 0 Å². The van der Waals surface area contributed by atoms with Crippen LogP contribution in [0.1, 0.15) is 18.4 Å². The molecular formula is C15H24BrClN2O. The third-order valence-electron chi connectivity index (χ3n) is 3.85. The molecule has 0 spiro atoms. The van der Waals surface area contributed by atoms with Gasteiger partial charge in [-0.25, -0.2) is 0 Å². The van der Waals surface area contributed by atoms with Crippen LogP contribution < -0.4 is 10.1 Å². The van der Waals surface area contributed by atoms with Gasteiger partial charge in [-0.15, -0.1) is 12.4 Å². The van der Waals surface area contributed by atoms with Crippen molar-refractivity contribution >= 4 is 28.3 Å². The summed E-state index contributed by atoms with van der Waals surface area (Å²) in [7, 11) is 3.76. The first kappa shape index (κ1) is 17.8. The van der Waals surface area contributed by atoms with Crippen LogP contribution in [0, 0.1) is 5.92 Å². The first-order chi connectivity index (χ1) is 9.22. The molecule has 3 nitrogen and oxygen atoms in total. The molecule has 1 aliphatic heterocycles. The Morgan fingerprint density at radius 3 is 2.65 bits per heavy atom. The van der Waals surface area contributed by atoms with Crippen molar-refractivity contribution < 1.29 is 4.74 Å². The van der Waals surface area contributed by atoms with Crippen LogP contribution in [0.4, 0.5) is 0 Å². The predicted molar refractivity (Wildman–Crippen MR) is 89.9 cm³/mol. The molecule has 5 heteroatoms. The Bertz CT molecular complexity index is 409. The molecule has 0 unspecified atom stereocenters. The fourth-order valence-corrected chi connectivity index (χ4v) is 3.05. The van der Waals surface area contributed by atoms with E-state index in [2.05, 4.69) is 38.3 Å². The van der Waals surface area contributed by atoms with Crippen LogP contribution in [0.15, 0.2) is 22.7 Å². The quantitative estimate of drug-likeness (QED) is 0.868. The molecule has 20 heavy (non-hydrogen) atoms. The van der Waals surface area contributed by atoms with Gasteiger partial charge in [-0.2, -0.15) is 0 Å². The fourth-order valence-electron chi connectivity index (χ4n) is 2.68. The molecule has 0 radical (unpaired) electrons. The highest BCUT2D eigenvalue weighted by Crippen LogP contribution is 2.25. The van der Waals surface area contributed by atoms with Crippen LogP contribution >= 0.6 is 28.3 Å². The second-order valence-corrected chi connectivity index (χ2v) is 6.09. The number of halogens is 2. The van der Waals surface area contributed by atoms with Gasteiger partial charge in [-0.1, -0.05) is 15.9 Å². The van der Waals surface area contributed by atoms with E-state index in [4.69, 9.17) is 4.74 Å². The van der Waals surface area contributed by atoms with Gasteiger partial charge in [0, 0.05) is 11.0 Å². The number of methoxy groups -OCH3 is 1. The average Bonchev–Trinajstić information content (AvgIpc) is 2.44. The summed E-state index contributed by atoms with van der Waals surface area (Å²) in [6.07, 6.45) is 2.59. The lowest BCUT2D eigenvalue weighted by atomic mass is 9.96. The maximum atomic E-state index is 5.30. The summed E-state index contributed by atoms with van der Waals surface area (Å²) in [6.45, 7) is 4.53. The topological polar surface area (TPSA) is 24.5 Å². The third kappa shape index (κ3) is 4.92. The highest BCUT2D eigenvalue weighted by atomic mass is 79.9. The molecule has 0 atom stereocenters. The van der Waals surface area contributed by atoms with Crippen LogP contribution in [0.5, 0.6) is 5.75 Å². The van der Waals surface area contributed by atoms with Crippen LogP contribution in [-0.4, -0.2) is 38.7 Å². The zero-order valence-electron chi connectivity index (χ0n) is 12.2. The molecule has 1 aromatic carbocycles. The molecule has 1 aliphatic rings. The van der Waals surface area contributed by atoms with Crippen molar-refractivity contribution in [1.82, 2.24) is 10.2 Å². The normalized spacial score (nSPS) is 16.8. The Labute approximate surface area is 136 Å². The van der Waals surface area contributed by atoms with Crippen LogP contribution in [0.25, 0.3) is 0 Å². The van der Waals surface area contributed by atoms with Gasteiger partial charge >= 0.3 is 0 Å². The van der Waals surface area contributed by atoms with Gasteiger partial charge in [0.2, 0.25) is 0 Å². The number of piperidine rings is 1. The number of hydrogen-bond donors (Lipinski definition) is 1. The van der Waals surface area contributed by atoms with E-state index in [0.717, 1.165) is 24.8 Å². The van der Waals surface area contributed by atoms with Gasteiger partial charge in [0.15, 0.2) is 0 Å². The minimum absolute atomic E-state index is 0. The van der Waals surface area contributed by atoms with Crippen molar-refractivity contribution in [2.45, 2.75) is 19.4 Å². The summed E-state index contributed by atoms with van der Waals surface area (Å²) in [5.74, 6) is 1.78. The summed E-state index contributed by atoms with van der Waals surface area (Å²) in [5, 5.41) is 3.28. The van der Waals surface area contributed by atoms with Gasteiger partial charge in [0.25, 0.3) is 0 Å². The molecule has 0 bridgehead atoms. The Balaban J connectivity index is 0.00000200. The lowest BCUT2D eigenvalue weighted by Gasteiger charge is -2.32. The molecule has 1 fully saturated rings. The number of benzene rings is 1. The van der Waals surface area contributed by atoms with Gasteiger partial charge in [-0.3, -0.25) is 4.90 Å². The van der Waals surface area contributed by atoms with Gasteiger partial charge in [0.05, 0.1) is 7.11 Å². The van der Waals surface area contributed by atoms with E-state index in [1.165, 1.54) is 36.0 Å². The van der Waals surface area contributed by atoms with E-state index in [-0.39, 0.29) is 12.4 Å². The summed E-state index contributed by atoms with van der Waals surface area (Å²) in [6, 6.07) is 6.19. The molecule has 2 rings (SSSR count). The molecule has 1 heterocycles. The summed E-state index contributed by atoms with van der Waals surface area (Å²) < 4.78 is 6.47.